The van der Waals surface area contributed by atoms with Crippen molar-refractivity contribution in [3.8, 4) is 5.75 Å². The normalized spacial score (nSPS) is 9.50. The van der Waals surface area contributed by atoms with Gasteiger partial charge in [-0.25, -0.2) is 0 Å². The van der Waals surface area contributed by atoms with Crippen molar-refractivity contribution in [1.82, 2.24) is 0 Å². The van der Waals surface area contributed by atoms with E-state index in [-0.39, 0.29) is 11.2 Å². The van der Waals surface area contributed by atoms with Gasteiger partial charge in [0.1, 0.15) is 5.76 Å². The van der Waals surface area contributed by atoms with Gasteiger partial charge in [-0.15, -0.1) is 0 Å². The molecule has 0 radical (unpaired) electrons. The molecule has 64 valence electrons. The Morgan fingerprint density at radius 3 is 2.75 bits per heavy atom. The molecule has 4 heteroatoms. The third-order valence-electron chi connectivity index (χ3n) is 1.25. The summed E-state index contributed by atoms with van der Waals surface area (Å²) in [5.41, 5.74) is -0.353. The molecule has 0 amide bonds. The molecule has 0 saturated carbocycles. The minimum Gasteiger partial charge on any atom is -0.465 e. The van der Waals surface area contributed by atoms with Gasteiger partial charge in [0.05, 0.1) is 6.26 Å². The molecule has 1 aromatic heterocycles. The molecule has 0 bridgehead atoms. The summed E-state index contributed by atoms with van der Waals surface area (Å²) in [6.45, 7) is 2.78. The Bertz CT molecular complexity index is 350. The van der Waals surface area contributed by atoms with E-state index in [4.69, 9.17) is 4.42 Å². The van der Waals surface area contributed by atoms with Crippen molar-refractivity contribution in [2.24, 2.45) is 0 Å². The first kappa shape index (κ1) is 8.52. The number of carbonyl (C=O) groups is 1. The lowest BCUT2D eigenvalue weighted by atomic mass is 10.4. The molecule has 0 atom stereocenters. The van der Waals surface area contributed by atoms with E-state index in [9.17, 15) is 9.59 Å². The number of esters is 1. The van der Waals surface area contributed by atoms with Crippen molar-refractivity contribution in [3.63, 3.8) is 0 Å². The fraction of sp³-hybridized carbons (Fsp3) is 0.250. The molecule has 0 fully saturated rings. The number of aryl methyl sites for hydroxylation is 1. The second-order valence-electron chi connectivity index (χ2n) is 2.26. The fourth-order valence-electron chi connectivity index (χ4n) is 0.766. The number of rotatable bonds is 1. The zero-order chi connectivity index (χ0) is 9.14. The van der Waals surface area contributed by atoms with Gasteiger partial charge in [-0.2, -0.15) is 0 Å². The fourth-order valence-corrected chi connectivity index (χ4v) is 0.766. The quantitative estimate of drug-likeness (QED) is 0.584. The van der Waals surface area contributed by atoms with E-state index in [1.807, 2.05) is 0 Å². The summed E-state index contributed by atoms with van der Waals surface area (Å²) in [4.78, 5) is 21.6. The topological polar surface area (TPSA) is 56.5 Å². The largest absolute Gasteiger partial charge is 0.465 e. The van der Waals surface area contributed by atoms with Crippen LogP contribution in [0.15, 0.2) is 21.5 Å². The smallest absolute Gasteiger partial charge is 0.308 e. The highest BCUT2D eigenvalue weighted by Crippen LogP contribution is 2.10. The van der Waals surface area contributed by atoms with Crippen LogP contribution in [0.5, 0.6) is 5.75 Å². The predicted octanol–water partition coefficient (Wildman–Crippen LogP) is 0.874. The van der Waals surface area contributed by atoms with Crippen LogP contribution < -0.4 is 10.2 Å². The Kier molecular flexibility index (Phi) is 2.28. The lowest BCUT2D eigenvalue weighted by Gasteiger charge is -2.00. The van der Waals surface area contributed by atoms with Gasteiger partial charge in [-0.05, 0) is 6.92 Å². The van der Waals surface area contributed by atoms with Crippen LogP contribution in [0.2, 0.25) is 0 Å². The summed E-state index contributed by atoms with van der Waals surface area (Å²) in [7, 11) is 0. The van der Waals surface area contributed by atoms with Crippen LogP contribution in [0.4, 0.5) is 0 Å². The lowest BCUT2D eigenvalue weighted by Crippen LogP contribution is -2.11. The maximum Gasteiger partial charge on any atom is 0.308 e. The molecule has 0 aromatic carbocycles. The van der Waals surface area contributed by atoms with Crippen molar-refractivity contribution in [3.05, 3.63) is 28.3 Å². The van der Waals surface area contributed by atoms with Crippen LogP contribution in [0, 0.1) is 6.92 Å². The summed E-state index contributed by atoms with van der Waals surface area (Å²) in [5, 5.41) is 0. The Morgan fingerprint density at radius 2 is 2.25 bits per heavy atom. The second kappa shape index (κ2) is 3.21. The van der Waals surface area contributed by atoms with Crippen molar-refractivity contribution in [2.45, 2.75) is 13.8 Å². The Balaban J connectivity index is 3.13. The molecule has 0 unspecified atom stereocenters. The van der Waals surface area contributed by atoms with Gasteiger partial charge >= 0.3 is 5.97 Å². The summed E-state index contributed by atoms with van der Waals surface area (Å²) < 4.78 is 9.49. The molecule has 12 heavy (non-hydrogen) atoms. The standard InChI is InChI=1S/C8H8O4/c1-5-8(12-6(2)9)7(10)3-4-11-5/h3-4H,1-2H3. The summed E-state index contributed by atoms with van der Waals surface area (Å²) in [6, 6.07) is 1.20. The van der Waals surface area contributed by atoms with Crippen molar-refractivity contribution in [2.75, 3.05) is 0 Å². The van der Waals surface area contributed by atoms with Crippen molar-refractivity contribution in [1.29, 1.82) is 0 Å². The first-order valence-electron chi connectivity index (χ1n) is 3.38. The maximum absolute atomic E-state index is 11.0. The van der Waals surface area contributed by atoms with Gasteiger partial charge in [-0.3, -0.25) is 9.59 Å². The van der Waals surface area contributed by atoms with E-state index in [2.05, 4.69) is 4.74 Å². The molecular formula is C8H8O4. The number of hydrogen-bond donors (Lipinski definition) is 0. The molecule has 1 rings (SSSR count). The van der Waals surface area contributed by atoms with Gasteiger partial charge in [0.2, 0.25) is 11.2 Å². The number of ether oxygens (including phenoxy) is 1. The van der Waals surface area contributed by atoms with E-state index >= 15 is 0 Å². The van der Waals surface area contributed by atoms with Crippen LogP contribution >= 0.6 is 0 Å². The third kappa shape index (κ3) is 1.72. The van der Waals surface area contributed by atoms with E-state index < -0.39 is 5.97 Å². The molecular weight excluding hydrogens is 160 g/mol. The average Bonchev–Trinajstić information content (AvgIpc) is 1.97. The van der Waals surface area contributed by atoms with Gasteiger partial charge < -0.3 is 9.15 Å². The highest BCUT2D eigenvalue weighted by Gasteiger charge is 2.07. The van der Waals surface area contributed by atoms with Gasteiger partial charge in [0, 0.05) is 13.0 Å². The second-order valence-corrected chi connectivity index (χ2v) is 2.26. The molecule has 0 saturated heterocycles. The predicted molar refractivity (Wildman–Crippen MR) is 41.0 cm³/mol. The summed E-state index contributed by atoms with van der Waals surface area (Å²) >= 11 is 0. The van der Waals surface area contributed by atoms with Crippen LogP contribution in [-0.4, -0.2) is 5.97 Å². The molecule has 4 nitrogen and oxygen atoms in total. The Morgan fingerprint density at radius 1 is 1.58 bits per heavy atom. The zero-order valence-corrected chi connectivity index (χ0v) is 6.79. The minimum atomic E-state index is -0.531. The van der Waals surface area contributed by atoms with Crippen LogP contribution in [-0.2, 0) is 4.79 Å². The number of carbonyl (C=O) groups excluding carboxylic acids is 1. The average molecular weight is 168 g/mol. The van der Waals surface area contributed by atoms with Crippen molar-refractivity contribution >= 4 is 5.97 Å². The van der Waals surface area contributed by atoms with Crippen molar-refractivity contribution < 1.29 is 13.9 Å². The van der Waals surface area contributed by atoms with Crippen LogP contribution in [0.1, 0.15) is 12.7 Å². The van der Waals surface area contributed by atoms with E-state index in [1.165, 1.54) is 19.3 Å². The van der Waals surface area contributed by atoms with Crippen LogP contribution in [0.25, 0.3) is 0 Å². The SMILES string of the molecule is CC(=O)Oc1c(C)occc1=O. The first-order valence-corrected chi connectivity index (χ1v) is 3.38. The molecule has 0 aliphatic carbocycles. The zero-order valence-electron chi connectivity index (χ0n) is 6.79. The molecule has 1 heterocycles. The van der Waals surface area contributed by atoms with E-state index in [0.717, 1.165) is 0 Å². The molecule has 0 N–H and O–H groups in total. The Labute approximate surface area is 68.8 Å². The first-order chi connectivity index (χ1) is 5.61. The summed E-state index contributed by atoms with van der Waals surface area (Å²) in [6.07, 6.45) is 1.25. The minimum absolute atomic E-state index is 0.0370. The molecule has 0 aliphatic heterocycles. The highest BCUT2D eigenvalue weighted by atomic mass is 16.5. The third-order valence-corrected chi connectivity index (χ3v) is 1.25. The van der Waals surface area contributed by atoms with E-state index in [0.29, 0.717) is 5.76 Å². The molecule has 0 aliphatic rings. The summed E-state index contributed by atoms with van der Waals surface area (Å²) in [5.74, 6) is -0.265. The number of hydrogen-bond acceptors (Lipinski definition) is 4. The monoisotopic (exact) mass is 168 g/mol. The van der Waals surface area contributed by atoms with Gasteiger partial charge in [0.15, 0.2) is 0 Å². The maximum atomic E-state index is 11.0. The highest BCUT2D eigenvalue weighted by molar-refractivity contribution is 5.69. The van der Waals surface area contributed by atoms with E-state index in [1.54, 1.807) is 6.92 Å². The van der Waals surface area contributed by atoms with Gasteiger partial charge in [-0.1, -0.05) is 0 Å². The van der Waals surface area contributed by atoms with Crippen LogP contribution in [0.3, 0.4) is 0 Å². The lowest BCUT2D eigenvalue weighted by molar-refractivity contribution is -0.132. The molecule has 1 aromatic rings. The molecule has 0 spiro atoms. The van der Waals surface area contributed by atoms with Gasteiger partial charge in [0.25, 0.3) is 0 Å². The Hall–Kier alpha value is -1.58.